The number of fused-ring (bicyclic) bond motifs is 1. The molecule has 0 spiro atoms. The number of nitrogens with one attached hydrogen (secondary N) is 1. The molecule has 0 saturated carbocycles. The zero-order valence-electron chi connectivity index (χ0n) is 20.2. The Bertz CT molecular complexity index is 1480. The van der Waals surface area contributed by atoms with Gasteiger partial charge in [-0.1, -0.05) is 42.1 Å². The lowest BCUT2D eigenvalue weighted by Crippen LogP contribution is -2.24. The highest BCUT2D eigenvalue weighted by atomic mass is 32.2. The van der Waals surface area contributed by atoms with Crippen molar-refractivity contribution in [2.75, 3.05) is 19.5 Å². The normalized spacial score (nSPS) is 11.1. The van der Waals surface area contributed by atoms with E-state index in [0.717, 1.165) is 16.8 Å². The lowest BCUT2D eigenvalue weighted by atomic mass is 10.2. The Morgan fingerprint density at radius 3 is 2.67 bits per heavy atom. The van der Waals surface area contributed by atoms with Crippen LogP contribution in [0.5, 0.6) is 11.5 Å². The number of hydrogen-bond donors (Lipinski definition) is 1. The van der Waals surface area contributed by atoms with Gasteiger partial charge in [0.05, 0.1) is 42.3 Å². The number of hydrazone groups is 1. The van der Waals surface area contributed by atoms with Crippen LogP contribution in [0.1, 0.15) is 18.1 Å². The molecule has 4 aromatic rings. The number of ether oxygens (including phenoxy) is 2. The third kappa shape index (κ3) is 5.58. The maximum Gasteiger partial charge on any atom is 0.266 e. The number of benzene rings is 3. The second-order valence-electron chi connectivity index (χ2n) is 7.76. The van der Waals surface area contributed by atoms with Crippen molar-refractivity contribution in [2.45, 2.75) is 19.0 Å². The summed E-state index contributed by atoms with van der Waals surface area (Å²) in [6.07, 6.45) is 1.53. The van der Waals surface area contributed by atoms with Gasteiger partial charge in [0.1, 0.15) is 0 Å². The highest BCUT2D eigenvalue weighted by Crippen LogP contribution is 2.27. The van der Waals surface area contributed by atoms with Gasteiger partial charge in [0.15, 0.2) is 16.7 Å². The maximum absolute atomic E-state index is 13.4. The Hall–Kier alpha value is -4.11. The van der Waals surface area contributed by atoms with Gasteiger partial charge in [-0.25, -0.2) is 10.4 Å². The van der Waals surface area contributed by atoms with Crippen molar-refractivity contribution < 1.29 is 14.3 Å². The van der Waals surface area contributed by atoms with E-state index in [1.807, 2.05) is 56.3 Å². The Morgan fingerprint density at radius 1 is 1.11 bits per heavy atom. The second-order valence-corrected chi connectivity index (χ2v) is 8.71. The van der Waals surface area contributed by atoms with Crippen LogP contribution in [0.2, 0.25) is 0 Å². The highest BCUT2D eigenvalue weighted by Gasteiger charge is 2.16. The van der Waals surface area contributed by atoms with Gasteiger partial charge in [-0.3, -0.25) is 14.2 Å². The Kier molecular flexibility index (Phi) is 8.02. The minimum absolute atomic E-state index is 0.0284. The lowest BCUT2D eigenvalue weighted by molar-refractivity contribution is -0.118. The fraction of sp³-hybridized carbons (Fsp3) is 0.185. The predicted octanol–water partition coefficient (Wildman–Crippen LogP) is 4.34. The van der Waals surface area contributed by atoms with Crippen LogP contribution in [0.25, 0.3) is 16.6 Å². The largest absolute Gasteiger partial charge is 0.493 e. The molecule has 184 valence electrons. The van der Waals surface area contributed by atoms with E-state index in [-0.39, 0.29) is 17.2 Å². The standard InChI is InChI=1S/C27H26N4O4S/c1-4-35-23-14-13-19(15-24(23)34-3)16-28-30-25(32)17-36-27-29-21-11-7-6-10-20(21)26(33)31(27)22-12-8-5-9-18(22)2/h5-16H,4,17H2,1-3H3,(H,30,32)/b28-16+. The third-order valence-electron chi connectivity index (χ3n) is 5.32. The summed E-state index contributed by atoms with van der Waals surface area (Å²) in [7, 11) is 1.56. The maximum atomic E-state index is 13.4. The Balaban J connectivity index is 1.51. The number of thioether (sulfide) groups is 1. The van der Waals surface area contributed by atoms with Crippen molar-refractivity contribution in [3.05, 3.63) is 88.2 Å². The van der Waals surface area contributed by atoms with Crippen molar-refractivity contribution >= 4 is 34.8 Å². The molecule has 0 aliphatic heterocycles. The van der Waals surface area contributed by atoms with E-state index in [1.54, 1.807) is 35.9 Å². The van der Waals surface area contributed by atoms with Crippen molar-refractivity contribution in [1.82, 2.24) is 15.0 Å². The number of carbonyl (C=O) groups excluding carboxylic acids is 1. The predicted molar refractivity (Wildman–Crippen MR) is 143 cm³/mol. The molecule has 1 aromatic heterocycles. The van der Waals surface area contributed by atoms with Gasteiger partial charge in [0.2, 0.25) is 0 Å². The third-order valence-corrected chi connectivity index (χ3v) is 6.26. The minimum Gasteiger partial charge on any atom is -0.493 e. The van der Waals surface area contributed by atoms with Crippen molar-refractivity contribution in [3.8, 4) is 17.2 Å². The van der Waals surface area contributed by atoms with Gasteiger partial charge < -0.3 is 9.47 Å². The van der Waals surface area contributed by atoms with Crippen LogP contribution in [-0.4, -0.2) is 41.1 Å². The number of amides is 1. The van der Waals surface area contributed by atoms with E-state index in [9.17, 15) is 9.59 Å². The molecular formula is C27H26N4O4S. The van der Waals surface area contributed by atoms with Gasteiger partial charge in [-0.05, 0) is 61.4 Å². The number of carbonyl (C=O) groups is 1. The molecule has 0 aliphatic carbocycles. The zero-order chi connectivity index (χ0) is 25.5. The summed E-state index contributed by atoms with van der Waals surface area (Å²) >= 11 is 1.18. The molecule has 0 atom stereocenters. The van der Waals surface area contributed by atoms with E-state index in [2.05, 4.69) is 15.5 Å². The summed E-state index contributed by atoms with van der Waals surface area (Å²) in [5.74, 6) is 0.924. The van der Waals surface area contributed by atoms with Gasteiger partial charge in [0, 0.05) is 0 Å². The van der Waals surface area contributed by atoms with Gasteiger partial charge in [0.25, 0.3) is 11.5 Å². The molecule has 0 unspecified atom stereocenters. The van der Waals surface area contributed by atoms with Crippen LogP contribution in [0.15, 0.2) is 81.8 Å². The Morgan fingerprint density at radius 2 is 1.89 bits per heavy atom. The van der Waals surface area contributed by atoms with E-state index in [0.29, 0.717) is 34.2 Å². The molecule has 8 nitrogen and oxygen atoms in total. The summed E-state index contributed by atoms with van der Waals surface area (Å²) in [6.45, 7) is 4.36. The first-order valence-corrected chi connectivity index (χ1v) is 12.3. The molecule has 3 aromatic carbocycles. The van der Waals surface area contributed by atoms with Gasteiger partial charge in [-0.2, -0.15) is 5.10 Å². The number of hydrogen-bond acceptors (Lipinski definition) is 7. The highest BCUT2D eigenvalue weighted by molar-refractivity contribution is 7.99. The average molecular weight is 503 g/mol. The van der Waals surface area contributed by atoms with Crippen LogP contribution in [0.4, 0.5) is 0 Å². The van der Waals surface area contributed by atoms with E-state index in [4.69, 9.17) is 9.47 Å². The number of methoxy groups -OCH3 is 1. The minimum atomic E-state index is -0.326. The molecule has 4 rings (SSSR count). The number of nitrogens with zero attached hydrogens (tertiary/aromatic N) is 3. The van der Waals surface area contributed by atoms with Crippen LogP contribution in [-0.2, 0) is 4.79 Å². The molecule has 0 bridgehead atoms. The molecular weight excluding hydrogens is 476 g/mol. The molecule has 1 heterocycles. The first kappa shape index (κ1) is 25.0. The Labute approximate surface area is 213 Å². The van der Waals surface area contributed by atoms with Gasteiger partial charge in [-0.15, -0.1) is 0 Å². The fourth-order valence-corrected chi connectivity index (χ4v) is 4.41. The number of aromatic nitrogens is 2. The van der Waals surface area contributed by atoms with Crippen molar-refractivity contribution in [3.63, 3.8) is 0 Å². The van der Waals surface area contributed by atoms with E-state index >= 15 is 0 Å². The SMILES string of the molecule is CCOc1ccc(/C=N/NC(=O)CSc2nc3ccccc3c(=O)n2-c2ccccc2C)cc1OC. The number of para-hydroxylation sites is 2. The second kappa shape index (κ2) is 11.5. The number of rotatable bonds is 9. The average Bonchev–Trinajstić information content (AvgIpc) is 2.89. The zero-order valence-corrected chi connectivity index (χ0v) is 21.0. The molecule has 9 heteroatoms. The summed E-state index contributed by atoms with van der Waals surface area (Å²) in [4.78, 5) is 30.6. The monoisotopic (exact) mass is 502 g/mol. The van der Waals surface area contributed by atoms with E-state index < -0.39 is 0 Å². The van der Waals surface area contributed by atoms with Crippen LogP contribution < -0.4 is 20.5 Å². The van der Waals surface area contributed by atoms with Crippen LogP contribution >= 0.6 is 11.8 Å². The molecule has 1 amide bonds. The summed E-state index contributed by atoms with van der Waals surface area (Å²) < 4.78 is 12.4. The summed E-state index contributed by atoms with van der Waals surface area (Å²) in [6, 6.07) is 20.2. The quantitative estimate of drug-likeness (QED) is 0.158. The van der Waals surface area contributed by atoms with Crippen LogP contribution in [0, 0.1) is 6.92 Å². The van der Waals surface area contributed by atoms with Crippen molar-refractivity contribution in [1.29, 1.82) is 0 Å². The molecule has 1 N–H and O–H groups in total. The fourth-order valence-electron chi connectivity index (χ4n) is 3.62. The first-order valence-electron chi connectivity index (χ1n) is 11.3. The summed E-state index contributed by atoms with van der Waals surface area (Å²) in [5, 5.41) is 5.00. The number of aryl methyl sites for hydroxylation is 1. The van der Waals surface area contributed by atoms with E-state index in [1.165, 1.54) is 18.0 Å². The van der Waals surface area contributed by atoms with Gasteiger partial charge >= 0.3 is 0 Å². The topological polar surface area (TPSA) is 94.8 Å². The molecule has 36 heavy (non-hydrogen) atoms. The molecule has 0 saturated heterocycles. The molecule has 0 aliphatic rings. The lowest BCUT2D eigenvalue weighted by Gasteiger charge is -2.14. The molecule has 0 radical (unpaired) electrons. The summed E-state index contributed by atoms with van der Waals surface area (Å²) in [5.41, 5.74) is 5.32. The smallest absolute Gasteiger partial charge is 0.266 e. The van der Waals surface area contributed by atoms with Crippen molar-refractivity contribution in [2.24, 2.45) is 5.10 Å². The van der Waals surface area contributed by atoms with Crippen LogP contribution in [0.3, 0.4) is 0 Å². The first-order chi connectivity index (χ1) is 17.5. The molecule has 0 fully saturated rings.